The summed E-state index contributed by atoms with van der Waals surface area (Å²) in [4.78, 5) is 11.7. The van der Waals surface area contributed by atoms with Gasteiger partial charge in [0.2, 0.25) is 0 Å². The van der Waals surface area contributed by atoms with Gasteiger partial charge in [0.1, 0.15) is 6.07 Å². The molecular formula is C10H8ClNO2S. The molecule has 0 radical (unpaired) electrons. The maximum atomic E-state index is 11.3. The molecule has 1 aromatic carbocycles. The van der Waals surface area contributed by atoms with E-state index < -0.39 is 5.97 Å². The highest BCUT2D eigenvalue weighted by molar-refractivity contribution is 7.80. The normalized spacial score (nSPS) is 9.47. The van der Waals surface area contributed by atoms with Crippen molar-refractivity contribution in [3.05, 3.63) is 28.8 Å². The summed E-state index contributed by atoms with van der Waals surface area (Å²) in [5.41, 5.74) is 1.31. The number of thiol groups is 1. The summed E-state index contributed by atoms with van der Waals surface area (Å²) >= 11 is 9.78. The predicted molar refractivity (Wildman–Crippen MR) is 59.3 cm³/mol. The number of benzene rings is 1. The molecule has 3 nitrogen and oxygen atoms in total. The van der Waals surface area contributed by atoms with Crippen molar-refractivity contribution in [1.29, 1.82) is 5.26 Å². The molecule has 0 aromatic heterocycles. The highest BCUT2D eigenvalue weighted by Crippen LogP contribution is 2.22. The van der Waals surface area contributed by atoms with Crippen LogP contribution in [0.1, 0.15) is 21.5 Å². The molecular weight excluding hydrogens is 234 g/mol. The first-order valence-corrected chi connectivity index (χ1v) is 5.02. The summed E-state index contributed by atoms with van der Waals surface area (Å²) < 4.78 is 4.57. The van der Waals surface area contributed by atoms with Crippen molar-refractivity contribution in [2.75, 3.05) is 7.11 Å². The number of halogens is 1. The molecule has 0 heterocycles. The van der Waals surface area contributed by atoms with E-state index in [1.54, 1.807) is 0 Å². The number of nitriles is 1. The summed E-state index contributed by atoms with van der Waals surface area (Å²) in [6, 6.07) is 5.01. The van der Waals surface area contributed by atoms with Gasteiger partial charge in [-0.05, 0) is 17.7 Å². The molecule has 78 valence electrons. The van der Waals surface area contributed by atoms with Gasteiger partial charge < -0.3 is 4.74 Å². The minimum absolute atomic E-state index is 0.154. The Morgan fingerprint density at radius 1 is 1.67 bits per heavy atom. The summed E-state index contributed by atoms with van der Waals surface area (Å²) in [6.45, 7) is 0. The van der Waals surface area contributed by atoms with E-state index in [9.17, 15) is 4.79 Å². The van der Waals surface area contributed by atoms with Crippen molar-refractivity contribution < 1.29 is 9.53 Å². The van der Waals surface area contributed by atoms with E-state index in [1.807, 2.05) is 6.07 Å². The molecule has 1 aromatic rings. The van der Waals surface area contributed by atoms with Crippen LogP contribution in [0.25, 0.3) is 0 Å². The van der Waals surface area contributed by atoms with Crippen molar-refractivity contribution in [3.63, 3.8) is 0 Å². The third-order valence-electron chi connectivity index (χ3n) is 1.88. The fraction of sp³-hybridized carbons (Fsp3) is 0.200. The van der Waals surface area contributed by atoms with Crippen LogP contribution in [0.4, 0.5) is 0 Å². The number of carbonyl (C=O) groups excluding carboxylic acids is 1. The molecule has 0 N–H and O–H groups in total. The third-order valence-corrected chi connectivity index (χ3v) is 2.52. The number of ether oxygens (including phenoxy) is 1. The van der Waals surface area contributed by atoms with Crippen LogP contribution < -0.4 is 0 Å². The molecule has 0 saturated heterocycles. The Balaban J connectivity index is 3.33. The molecule has 0 spiro atoms. The molecule has 0 aliphatic rings. The number of alkyl halides is 1. The highest BCUT2D eigenvalue weighted by Gasteiger charge is 2.12. The van der Waals surface area contributed by atoms with E-state index in [4.69, 9.17) is 16.9 Å². The van der Waals surface area contributed by atoms with E-state index in [1.165, 1.54) is 19.2 Å². The predicted octanol–water partition coefficient (Wildman–Crippen LogP) is 2.37. The topological polar surface area (TPSA) is 50.1 Å². The monoisotopic (exact) mass is 241 g/mol. The Morgan fingerprint density at radius 3 is 2.80 bits per heavy atom. The number of carbonyl (C=O) groups is 1. The van der Waals surface area contributed by atoms with Crippen LogP contribution in [0.3, 0.4) is 0 Å². The van der Waals surface area contributed by atoms with Gasteiger partial charge in [0, 0.05) is 10.8 Å². The standard InChI is InChI=1S/C10H8ClNO2S/c1-14-10(13)6-2-7(4-11)8(5-12)9(15)3-6/h2-3,15H,4H2,1H3. The van der Waals surface area contributed by atoms with Gasteiger partial charge in [-0.15, -0.1) is 24.2 Å². The first-order chi connectivity index (χ1) is 7.13. The quantitative estimate of drug-likeness (QED) is 0.491. The fourth-order valence-electron chi connectivity index (χ4n) is 1.16. The number of esters is 1. The first kappa shape index (κ1) is 11.9. The van der Waals surface area contributed by atoms with Crippen molar-refractivity contribution in [2.24, 2.45) is 0 Å². The number of hydrogen-bond acceptors (Lipinski definition) is 4. The second kappa shape index (κ2) is 5.06. The molecule has 5 heteroatoms. The summed E-state index contributed by atoms with van der Waals surface area (Å²) in [6.07, 6.45) is 0. The Labute approximate surface area is 98.0 Å². The lowest BCUT2D eigenvalue weighted by molar-refractivity contribution is 0.0600. The van der Waals surface area contributed by atoms with E-state index in [0.717, 1.165) is 0 Å². The summed E-state index contributed by atoms with van der Waals surface area (Å²) in [7, 11) is 1.29. The molecule has 0 unspecified atom stereocenters. The minimum Gasteiger partial charge on any atom is -0.465 e. The van der Waals surface area contributed by atoms with E-state index in [-0.39, 0.29) is 5.88 Å². The van der Waals surface area contributed by atoms with Crippen molar-refractivity contribution in [1.82, 2.24) is 0 Å². The Bertz CT molecular complexity index is 440. The molecule has 1 rings (SSSR count). The molecule has 0 atom stereocenters. The van der Waals surface area contributed by atoms with Crippen molar-refractivity contribution in [2.45, 2.75) is 10.8 Å². The smallest absolute Gasteiger partial charge is 0.337 e. The second-order valence-corrected chi connectivity index (χ2v) is 3.52. The third kappa shape index (κ3) is 2.44. The number of methoxy groups -OCH3 is 1. The molecule has 0 amide bonds. The zero-order valence-corrected chi connectivity index (χ0v) is 9.60. The van der Waals surface area contributed by atoms with E-state index in [0.29, 0.717) is 21.6 Å². The van der Waals surface area contributed by atoms with Crippen LogP contribution in [-0.4, -0.2) is 13.1 Å². The average Bonchev–Trinajstić information content (AvgIpc) is 2.26. The number of nitrogens with zero attached hydrogens (tertiary/aromatic N) is 1. The summed E-state index contributed by atoms with van der Waals surface area (Å²) in [5, 5.41) is 8.84. The second-order valence-electron chi connectivity index (χ2n) is 2.77. The van der Waals surface area contributed by atoms with Crippen LogP contribution in [0.15, 0.2) is 17.0 Å². The first-order valence-electron chi connectivity index (χ1n) is 4.04. The Morgan fingerprint density at radius 2 is 2.33 bits per heavy atom. The number of hydrogen-bond donors (Lipinski definition) is 1. The lowest BCUT2D eigenvalue weighted by Gasteiger charge is -2.06. The van der Waals surface area contributed by atoms with E-state index >= 15 is 0 Å². The highest BCUT2D eigenvalue weighted by atomic mass is 35.5. The Kier molecular flexibility index (Phi) is 4.01. The lowest BCUT2D eigenvalue weighted by atomic mass is 10.1. The molecule has 0 bridgehead atoms. The number of rotatable bonds is 2. The van der Waals surface area contributed by atoms with Gasteiger partial charge in [0.25, 0.3) is 0 Å². The molecule has 0 aliphatic heterocycles. The summed E-state index contributed by atoms with van der Waals surface area (Å²) in [5.74, 6) is -0.317. The zero-order valence-electron chi connectivity index (χ0n) is 7.95. The van der Waals surface area contributed by atoms with Crippen LogP contribution >= 0.6 is 24.2 Å². The van der Waals surface area contributed by atoms with Crippen LogP contribution in [0.5, 0.6) is 0 Å². The molecule has 0 fully saturated rings. The van der Waals surface area contributed by atoms with Gasteiger partial charge in [-0.2, -0.15) is 5.26 Å². The van der Waals surface area contributed by atoms with Gasteiger partial charge in [-0.3, -0.25) is 0 Å². The maximum Gasteiger partial charge on any atom is 0.337 e. The van der Waals surface area contributed by atoms with Crippen LogP contribution in [0.2, 0.25) is 0 Å². The van der Waals surface area contributed by atoms with Crippen LogP contribution in [0, 0.1) is 11.3 Å². The van der Waals surface area contributed by atoms with Gasteiger partial charge >= 0.3 is 5.97 Å². The van der Waals surface area contributed by atoms with Gasteiger partial charge in [0.15, 0.2) is 0 Å². The zero-order chi connectivity index (χ0) is 11.4. The Hall–Kier alpha value is -1.18. The molecule has 15 heavy (non-hydrogen) atoms. The molecule has 0 saturated carbocycles. The van der Waals surface area contributed by atoms with Gasteiger partial charge in [-0.1, -0.05) is 0 Å². The largest absolute Gasteiger partial charge is 0.465 e. The van der Waals surface area contributed by atoms with Crippen molar-refractivity contribution in [3.8, 4) is 6.07 Å². The molecule has 0 aliphatic carbocycles. The average molecular weight is 242 g/mol. The van der Waals surface area contributed by atoms with Crippen LogP contribution in [-0.2, 0) is 10.6 Å². The SMILES string of the molecule is COC(=O)c1cc(S)c(C#N)c(CCl)c1. The minimum atomic E-state index is -0.471. The van der Waals surface area contributed by atoms with Crippen molar-refractivity contribution >= 4 is 30.2 Å². The van der Waals surface area contributed by atoms with Gasteiger partial charge in [-0.25, -0.2) is 4.79 Å². The van der Waals surface area contributed by atoms with Gasteiger partial charge in [0.05, 0.1) is 18.2 Å². The van der Waals surface area contributed by atoms with E-state index in [2.05, 4.69) is 17.4 Å². The lowest BCUT2D eigenvalue weighted by Crippen LogP contribution is -2.03. The maximum absolute atomic E-state index is 11.3. The fourth-order valence-corrected chi connectivity index (χ4v) is 1.70.